The number of amides is 1. The minimum absolute atomic E-state index is 0.109. The first-order valence-corrected chi connectivity index (χ1v) is 8.57. The van der Waals surface area contributed by atoms with E-state index in [2.05, 4.69) is 5.32 Å². The number of hydrogen-bond donors (Lipinski definition) is 1. The van der Waals surface area contributed by atoms with Gasteiger partial charge in [-0.15, -0.1) is 0 Å². The van der Waals surface area contributed by atoms with Crippen LogP contribution < -0.4 is 14.8 Å². The Morgan fingerprint density at radius 3 is 2.21 bits per heavy atom. The monoisotopic (exact) mass is 376 g/mol. The molecule has 7 heteroatoms. The van der Waals surface area contributed by atoms with Gasteiger partial charge in [-0.05, 0) is 24.3 Å². The number of carbonyl (C=O) groups is 1. The molecular weight excluding hydrogens is 360 g/mol. The van der Waals surface area contributed by atoms with Crippen molar-refractivity contribution in [1.82, 2.24) is 0 Å². The first-order valence-electron chi connectivity index (χ1n) is 8.57. The number of hydrogen-bond acceptors (Lipinski definition) is 5. The van der Waals surface area contributed by atoms with Crippen LogP contribution in [0.4, 0.5) is 11.4 Å². The van der Waals surface area contributed by atoms with Gasteiger partial charge in [0.25, 0.3) is 5.69 Å². The molecule has 0 atom stereocenters. The Bertz CT molecular complexity index is 1030. The summed E-state index contributed by atoms with van der Waals surface area (Å²) in [4.78, 5) is 24.1. The minimum Gasteiger partial charge on any atom is -0.496 e. The lowest BCUT2D eigenvalue weighted by molar-refractivity contribution is -0.384. The van der Waals surface area contributed by atoms with E-state index in [0.717, 1.165) is 0 Å². The van der Waals surface area contributed by atoms with Gasteiger partial charge in [-0.1, -0.05) is 36.4 Å². The molecule has 1 heterocycles. The van der Waals surface area contributed by atoms with E-state index >= 15 is 0 Å². The molecule has 0 unspecified atom stereocenters. The van der Waals surface area contributed by atoms with Gasteiger partial charge in [-0.25, -0.2) is 0 Å². The van der Waals surface area contributed by atoms with Crippen molar-refractivity contribution in [3.05, 3.63) is 88.0 Å². The molecule has 0 bridgehead atoms. The number of methoxy groups -OCH3 is 1. The zero-order valence-electron chi connectivity index (χ0n) is 14.9. The van der Waals surface area contributed by atoms with E-state index < -0.39 is 10.8 Å². The average Bonchev–Trinajstić information content (AvgIpc) is 2.71. The molecule has 0 saturated heterocycles. The minimum atomic E-state index is -0.650. The largest absolute Gasteiger partial charge is 0.496 e. The number of ether oxygens (including phenoxy) is 2. The molecule has 0 aromatic heterocycles. The molecule has 3 aromatic rings. The highest BCUT2D eigenvalue weighted by Gasteiger charge is 2.33. The van der Waals surface area contributed by atoms with Crippen molar-refractivity contribution in [2.45, 2.75) is 5.92 Å². The molecule has 140 valence electrons. The lowest BCUT2D eigenvalue weighted by atomic mass is 9.87. The summed E-state index contributed by atoms with van der Waals surface area (Å²) < 4.78 is 10.9. The highest BCUT2D eigenvalue weighted by atomic mass is 16.6. The van der Waals surface area contributed by atoms with Gasteiger partial charge in [-0.3, -0.25) is 14.9 Å². The molecular formula is C21H16N2O5. The van der Waals surface area contributed by atoms with Crippen LogP contribution in [0, 0.1) is 10.1 Å². The Labute approximate surface area is 160 Å². The van der Waals surface area contributed by atoms with Gasteiger partial charge in [0, 0.05) is 11.1 Å². The zero-order valence-corrected chi connectivity index (χ0v) is 14.9. The number of nitrogens with one attached hydrogen (secondary N) is 1. The van der Waals surface area contributed by atoms with Crippen LogP contribution in [0.5, 0.6) is 17.2 Å². The van der Waals surface area contributed by atoms with Crippen molar-refractivity contribution in [2.24, 2.45) is 0 Å². The topological polar surface area (TPSA) is 90.7 Å². The van der Waals surface area contributed by atoms with Gasteiger partial charge < -0.3 is 14.8 Å². The third kappa shape index (κ3) is 3.03. The van der Waals surface area contributed by atoms with Gasteiger partial charge >= 0.3 is 0 Å². The third-order valence-electron chi connectivity index (χ3n) is 4.60. The molecule has 0 radical (unpaired) electrons. The van der Waals surface area contributed by atoms with Crippen LogP contribution in [0.3, 0.4) is 0 Å². The summed E-state index contributed by atoms with van der Waals surface area (Å²) in [6.07, 6.45) is 0. The lowest BCUT2D eigenvalue weighted by Gasteiger charge is -2.27. The fourth-order valence-corrected chi connectivity index (χ4v) is 3.29. The van der Waals surface area contributed by atoms with Gasteiger partial charge in [0.2, 0.25) is 5.91 Å². The lowest BCUT2D eigenvalue weighted by Crippen LogP contribution is -2.25. The Morgan fingerprint density at radius 1 is 1.04 bits per heavy atom. The van der Waals surface area contributed by atoms with Crippen molar-refractivity contribution in [3.63, 3.8) is 0 Å². The summed E-state index contributed by atoms with van der Waals surface area (Å²) in [6, 6.07) is 18.8. The number of anilines is 1. The van der Waals surface area contributed by atoms with Crippen LogP contribution >= 0.6 is 0 Å². The van der Waals surface area contributed by atoms with E-state index in [4.69, 9.17) is 9.47 Å². The number of nitrogens with zero attached hydrogens (tertiary/aromatic N) is 1. The standard InChI is InChI=1S/C21H16N2O5/c1-27-13-10-11-16(17(12-13)23(25)26)22-21(24)20-14-6-2-4-8-18(14)28-19-9-5-3-7-15(19)20/h2-12,20H,1H3,(H,22,24). The Morgan fingerprint density at radius 2 is 1.64 bits per heavy atom. The predicted octanol–water partition coefficient (Wildman–Crippen LogP) is 4.48. The highest BCUT2D eigenvalue weighted by molar-refractivity contribution is 6.01. The first kappa shape index (κ1) is 17.5. The molecule has 0 spiro atoms. The number of nitro benzene ring substituents is 1. The second-order valence-corrected chi connectivity index (χ2v) is 6.24. The van der Waals surface area contributed by atoms with Crippen LogP contribution in [0.1, 0.15) is 17.0 Å². The molecule has 1 N–H and O–H groups in total. The van der Waals surface area contributed by atoms with Crippen molar-refractivity contribution in [2.75, 3.05) is 12.4 Å². The van der Waals surface area contributed by atoms with Gasteiger partial charge in [0.05, 0.1) is 24.0 Å². The Balaban J connectivity index is 1.75. The van der Waals surface area contributed by atoms with Crippen LogP contribution in [0.25, 0.3) is 0 Å². The second kappa shape index (κ2) is 7.03. The Hall–Kier alpha value is -3.87. The zero-order chi connectivity index (χ0) is 19.7. The molecule has 0 saturated carbocycles. The van der Waals surface area contributed by atoms with Gasteiger partial charge in [0.15, 0.2) is 0 Å². The van der Waals surface area contributed by atoms with Crippen LogP contribution in [0.15, 0.2) is 66.7 Å². The van der Waals surface area contributed by atoms with Crippen LogP contribution in [0.2, 0.25) is 0 Å². The number of para-hydroxylation sites is 2. The molecule has 7 nitrogen and oxygen atoms in total. The summed E-state index contributed by atoms with van der Waals surface area (Å²) in [7, 11) is 1.42. The molecule has 28 heavy (non-hydrogen) atoms. The number of carbonyl (C=O) groups excluding carboxylic acids is 1. The number of nitro groups is 1. The maximum Gasteiger partial charge on any atom is 0.296 e. The van der Waals surface area contributed by atoms with Crippen LogP contribution in [-0.2, 0) is 4.79 Å². The van der Waals surface area contributed by atoms with E-state index in [1.54, 1.807) is 18.2 Å². The number of fused-ring (bicyclic) bond motifs is 2. The average molecular weight is 376 g/mol. The SMILES string of the molecule is COc1ccc(NC(=O)C2c3ccccc3Oc3ccccc32)c([N+](=O)[O-])c1. The van der Waals surface area contributed by atoms with Crippen LogP contribution in [-0.4, -0.2) is 17.9 Å². The highest BCUT2D eigenvalue weighted by Crippen LogP contribution is 2.44. The van der Waals surface area contributed by atoms with E-state index in [-0.39, 0.29) is 17.3 Å². The van der Waals surface area contributed by atoms with E-state index in [1.165, 1.54) is 19.2 Å². The summed E-state index contributed by atoms with van der Waals surface area (Å²) in [5.41, 5.74) is 1.28. The van der Waals surface area contributed by atoms with Crippen molar-refractivity contribution >= 4 is 17.3 Å². The fraction of sp³-hybridized carbons (Fsp3) is 0.0952. The predicted molar refractivity (Wildman–Crippen MR) is 103 cm³/mol. The smallest absolute Gasteiger partial charge is 0.296 e. The van der Waals surface area contributed by atoms with Crippen molar-refractivity contribution in [1.29, 1.82) is 0 Å². The van der Waals surface area contributed by atoms with Crippen molar-refractivity contribution in [3.8, 4) is 17.2 Å². The summed E-state index contributed by atoms with van der Waals surface area (Å²) in [5.74, 6) is 0.488. The van der Waals surface area contributed by atoms with Gasteiger partial charge in [-0.2, -0.15) is 0 Å². The maximum absolute atomic E-state index is 13.2. The fourth-order valence-electron chi connectivity index (χ4n) is 3.29. The molecule has 4 rings (SSSR count). The van der Waals surface area contributed by atoms with E-state index in [0.29, 0.717) is 28.4 Å². The summed E-state index contributed by atoms with van der Waals surface area (Å²) in [5, 5.41) is 14.1. The quantitative estimate of drug-likeness (QED) is 0.535. The summed E-state index contributed by atoms with van der Waals surface area (Å²) >= 11 is 0. The summed E-state index contributed by atoms with van der Waals surface area (Å²) in [6.45, 7) is 0. The number of rotatable bonds is 4. The molecule has 0 aliphatic carbocycles. The second-order valence-electron chi connectivity index (χ2n) is 6.24. The third-order valence-corrected chi connectivity index (χ3v) is 4.60. The molecule has 3 aromatic carbocycles. The molecule has 0 fully saturated rings. The van der Waals surface area contributed by atoms with E-state index in [1.807, 2.05) is 36.4 Å². The van der Waals surface area contributed by atoms with Gasteiger partial charge in [0.1, 0.15) is 22.9 Å². The molecule has 1 amide bonds. The Kier molecular flexibility index (Phi) is 4.41. The first-order chi connectivity index (χ1) is 13.6. The maximum atomic E-state index is 13.2. The van der Waals surface area contributed by atoms with Crippen molar-refractivity contribution < 1.29 is 19.2 Å². The molecule has 1 aliphatic rings. The number of benzene rings is 3. The molecule has 1 aliphatic heterocycles. The normalized spacial score (nSPS) is 12.3. The van der Waals surface area contributed by atoms with E-state index in [9.17, 15) is 14.9 Å².